The van der Waals surface area contributed by atoms with E-state index in [4.69, 9.17) is 10.3 Å². The molecule has 0 aromatic heterocycles. The summed E-state index contributed by atoms with van der Waals surface area (Å²) in [6.07, 6.45) is 0. The van der Waals surface area contributed by atoms with Crippen LogP contribution in [0.3, 0.4) is 0 Å². The topological polar surface area (TPSA) is 92.4 Å². The van der Waals surface area contributed by atoms with Crippen molar-refractivity contribution < 1.29 is 13.0 Å². The van der Waals surface area contributed by atoms with Gasteiger partial charge < -0.3 is 11.1 Å². The summed E-state index contributed by atoms with van der Waals surface area (Å²) < 4.78 is 30.9. The summed E-state index contributed by atoms with van der Waals surface area (Å²) >= 11 is 0. The maximum Gasteiger partial charge on any atom is 0.294 e. The minimum atomic E-state index is -4.18. The molecule has 0 radical (unpaired) electrons. The number of nitrogen functional groups attached to an aromatic ring is 1. The smallest absolute Gasteiger partial charge is 0.294 e. The third-order valence-corrected chi connectivity index (χ3v) is 3.18. The average Bonchev–Trinajstić information content (AvgIpc) is 2.31. The van der Waals surface area contributed by atoms with Gasteiger partial charge in [-0.1, -0.05) is 6.07 Å². The Kier molecular flexibility index (Phi) is 3.22. The van der Waals surface area contributed by atoms with Crippen molar-refractivity contribution in [2.24, 2.45) is 0 Å². The van der Waals surface area contributed by atoms with Crippen LogP contribution >= 0.6 is 0 Å². The highest BCUT2D eigenvalue weighted by molar-refractivity contribution is 7.85. The van der Waals surface area contributed by atoms with Gasteiger partial charge in [-0.05, 0) is 42.5 Å². The number of anilines is 3. The third kappa shape index (κ3) is 2.99. The normalized spacial score (nSPS) is 11.2. The molecule has 0 saturated carbocycles. The molecule has 0 bridgehead atoms. The van der Waals surface area contributed by atoms with Crippen molar-refractivity contribution in [3.63, 3.8) is 0 Å². The molecule has 0 heterocycles. The van der Waals surface area contributed by atoms with Gasteiger partial charge in [-0.25, -0.2) is 0 Å². The van der Waals surface area contributed by atoms with Gasteiger partial charge in [0.1, 0.15) is 0 Å². The Morgan fingerprint density at radius 2 is 1.67 bits per heavy atom. The number of nitrogens with two attached hydrogens (primary N) is 1. The Hall–Kier alpha value is -2.05. The van der Waals surface area contributed by atoms with Crippen molar-refractivity contribution in [3.05, 3.63) is 48.5 Å². The lowest BCUT2D eigenvalue weighted by Gasteiger charge is -2.07. The van der Waals surface area contributed by atoms with Crippen LogP contribution in [0.2, 0.25) is 0 Å². The SMILES string of the molecule is Nc1ccc(Nc2cccc(S(=O)(=O)O)c2)cc1. The van der Waals surface area contributed by atoms with Gasteiger partial charge in [0, 0.05) is 17.1 Å². The molecule has 4 N–H and O–H groups in total. The zero-order valence-electron chi connectivity index (χ0n) is 9.37. The van der Waals surface area contributed by atoms with E-state index in [9.17, 15) is 8.42 Å². The Bertz CT molecular complexity index is 651. The van der Waals surface area contributed by atoms with E-state index < -0.39 is 10.1 Å². The molecule has 5 nitrogen and oxygen atoms in total. The number of hydrogen-bond donors (Lipinski definition) is 3. The zero-order valence-corrected chi connectivity index (χ0v) is 10.2. The van der Waals surface area contributed by atoms with E-state index in [2.05, 4.69) is 5.32 Å². The van der Waals surface area contributed by atoms with E-state index in [0.29, 0.717) is 11.4 Å². The fourth-order valence-electron chi connectivity index (χ4n) is 1.47. The third-order valence-electron chi connectivity index (χ3n) is 2.33. The summed E-state index contributed by atoms with van der Waals surface area (Å²) in [6, 6.07) is 12.9. The standard InChI is InChI=1S/C12H12N2O3S/c13-9-4-6-10(7-5-9)14-11-2-1-3-12(8-11)18(15,16)17/h1-8,14H,13H2,(H,15,16,17). The fraction of sp³-hybridized carbons (Fsp3) is 0. The van der Waals surface area contributed by atoms with Gasteiger partial charge >= 0.3 is 0 Å². The zero-order chi connectivity index (χ0) is 13.2. The molecule has 2 aromatic carbocycles. The highest BCUT2D eigenvalue weighted by atomic mass is 32.2. The Balaban J connectivity index is 2.27. The molecule has 2 rings (SSSR count). The minimum Gasteiger partial charge on any atom is -0.399 e. The summed E-state index contributed by atoms with van der Waals surface area (Å²) in [5.74, 6) is 0. The van der Waals surface area contributed by atoms with Crippen LogP contribution in [-0.2, 0) is 10.1 Å². The molecule has 0 fully saturated rings. The maximum absolute atomic E-state index is 11.0. The van der Waals surface area contributed by atoms with Crippen molar-refractivity contribution in [2.45, 2.75) is 4.90 Å². The van der Waals surface area contributed by atoms with E-state index in [0.717, 1.165) is 5.69 Å². The average molecular weight is 264 g/mol. The van der Waals surface area contributed by atoms with Crippen LogP contribution in [-0.4, -0.2) is 13.0 Å². The summed E-state index contributed by atoms with van der Waals surface area (Å²) in [6.45, 7) is 0. The number of benzene rings is 2. The second kappa shape index (κ2) is 4.67. The Labute approximate surface area is 105 Å². The fourth-order valence-corrected chi connectivity index (χ4v) is 1.99. The molecule has 2 aromatic rings. The molecule has 0 aliphatic rings. The van der Waals surface area contributed by atoms with Gasteiger partial charge in [-0.3, -0.25) is 4.55 Å². The van der Waals surface area contributed by atoms with Crippen molar-refractivity contribution >= 4 is 27.2 Å². The molecule has 6 heteroatoms. The van der Waals surface area contributed by atoms with Crippen LogP contribution in [0.1, 0.15) is 0 Å². The second-order valence-electron chi connectivity index (χ2n) is 3.75. The first-order valence-corrected chi connectivity index (χ1v) is 6.59. The van der Waals surface area contributed by atoms with Gasteiger partial charge in [0.05, 0.1) is 4.90 Å². The monoisotopic (exact) mass is 264 g/mol. The van der Waals surface area contributed by atoms with Crippen molar-refractivity contribution in [3.8, 4) is 0 Å². The molecule has 0 amide bonds. The van der Waals surface area contributed by atoms with Gasteiger partial charge in [-0.15, -0.1) is 0 Å². The highest BCUT2D eigenvalue weighted by Gasteiger charge is 2.09. The molecule has 0 aliphatic carbocycles. The molecule has 0 aliphatic heterocycles. The first-order valence-electron chi connectivity index (χ1n) is 5.15. The molecular formula is C12H12N2O3S. The predicted octanol–water partition coefficient (Wildman–Crippen LogP) is 2.26. The van der Waals surface area contributed by atoms with Crippen LogP contribution in [0.4, 0.5) is 17.1 Å². The van der Waals surface area contributed by atoms with E-state index in [1.54, 1.807) is 36.4 Å². The molecular weight excluding hydrogens is 252 g/mol. The Morgan fingerprint density at radius 3 is 2.28 bits per heavy atom. The first-order chi connectivity index (χ1) is 8.45. The highest BCUT2D eigenvalue weighted by Crippen LogP contribution is 2.20. The summed E-state index contributed by atoms with van der Waals surface area (Å²) in [5, 5.41) is 3.01. The van der Waals surface area contributed by atoms with Crippen molar-refractivity contribution in [1.29, 1.82) is 0 Å². The predicted molar refractivity (Wildman–Crippen MR) is 70.4 cm³/mol. The Morgan fingerprint density at radius 1 is 1.00 bits per heavy atom. The van der Waals surface area contributed by atoms with Gasteiger partial charge in [-0.2, -0.15) is 8.42 Å². The molecule has 0 atom stereocenters. The van der Waals surface area contributed by atoms with Gasteiger partial charge in [0.2, 0.25) is 0 Å². The van der Waals surface area contributed by atoms with Crippen LogP contribution < -0.4 is 11.1 Å². The molecule has 94 valence electrons. The summed E-state index contributed by atoms with van der Waals surface area (Å²) in [4.78, 5) is -0.150. The second-order valence-corrected chi connectivity index (χ2v) is 5.17. The molecule has 0 saturated heterocycles. The van der Waals surface area contributed by atoms with E-state index >= 15 is 0 Å². The lowest BCUT2D eigenvalue weighted by atomic mass is 10.2. The largest absolute Gasteiger partial charge is 0.399 e. The van der Waals surface area contributed by atoms with E-state index in [1.807, 2.05) is 0 Å². The number of hydrogen-bond acceptors (Lipinski definition) is 4. The van der Waals surface area contributed by atoms with E-state index in [-0.39, 0.29) is 4.90 Å². The molecule has 0 unspecified atom stereocenters. The lowest BCUT2D eigenvalue weighted by molar-refractivity contribution is 0.483. The lowest BCUT2D eigenvalue weighted by Crippen LogP contribution is -1.99. The quantitative estimate of drug-likeness (QED) is 0.584. The molecule has 0 spiro atoms. The summed E-state index contributed by atoms with van der Waals surface area (Å²) in [7, 11) is -4.18. The first kappa shape index (κ1) is 12.4. The van der Waals surface area contributed by atoms with Crippen LogP contribution in [0, 0.1) is 0 Å². The minimum absolute atomic E-state index is 0.150. The van der Waals surface area contributed by atoms with Gasteiger partial charge in [0.25, 0.3) is 10.1 Å². The van der Waals surface area contributed by atoms with Crippen LogP contribution in [0.5, 0.6) is 0 Å². The maximum atomic E-state index is 11.0. The molecule has 18 heavy (non-hydrogen) atoms. The number of nitrogens with one attached hydrogen (secondary N) is 1. The summed E-state index contributed by atoms with van der Waals surface area (Å²) in [5.41, 5.74) is 7.55. The van der Waals surface area contributed by atoms with Crippen LogP contribution in [0.25, 0.3) is 0 Å². The van der Waals surface area contributed by atoms with Crippen molar-refractivity contribution in [1.82, 2.24) is 0 Å². The van der Waals surface area contributed by atoms with Crippen molar-refractivity contribution in [2.75, 3.05) is 11.1 Å². The van der Waals surface area contributed by atoms with Gasteiger partial charge in [0.15, 0.2) is 0 Å². The van der Waals surface area contributed by atoms with E-state index in [1.165, 1.54) is 12.1 Å². The van der Waals surface area contributed by atoms with Crippen LogP contribution in [0.15, 0.2) is 53.4 Å². The number of rotatable bonds is 3.